The van der Waals surface area contributed by atoms with Crippen molar-refractivity contribution in [2.75, 3.05) is 13.7 Å². The van der Waals surface area contributed by atoms with E-state index in [1.807, 2.05) is 0 Å². The maximum absolute atomic E-state index is 13.6. The van der Waals surface area contributed by atoms with Gasteiger partial charge in [0.15, 0.2) is 0 Å². The second-order valence-corrected chi connectivity index (χ2v) is 4.17. The van der Waals surface area contributed by atoms with E-state index >= 15 is 0 Å². The van der Waals surface area contributed by atoms with E-state index in [1.54, 1.807) is 6.92 Å². The average molecular weight is 257 g/mol. The van der Waals surface area contributed by atoms with Crippen molar-refractivity contribution < 1.29 is 18.7 Å². The lowest BCUT2D eigenvalue weighted by Crippen LogP contribution is -2.30. The number of amides is 1. The molecule has 1 aromatic carbocycles. The molecular formula is C13H17F2NO2. The number of nitrogens with zero attached hydrogens (tertiary/aromatic N) is 1. The van der Waals surface area contributed by atoms with Crippen LogP contribution in [-0.2, 0) is 4.79 Å². The minimum atomic E-state index is -0.549. The fraction of sp³-hybridized carbons (Fsp3) is 0.462. The van der Waals surface area contributed by atoms with Crippen molar-refractivity contribution in [2.24, 2.45) is 0 Å². The van der Waals surface area contributed by atoms with E-state index in [0.29, 0.717) is 6.42 Å². The van der Waals surface area contributed by atoms with E-state index in [2.05, 4.69) is 0 Å². The fourth-order valence-corrected chi connectivity index (χ4v) is 1.67. The lowest BCUT2D eigenvalue weighted by Gasteiger charge is -2.25. The molecule has 18 heavy (non-hydrogen) atoms. The van der Waals surface area contributed by atoms with Gasteiger partial charge in [0.05, 0.1) is 6.04 Å². The molecule has 0 fully saturated rings. The van der Waals surface area contributed by atoms with Gasteiger partial charge in [0.1, 0.15) is 11.6 Å². The van der Waals surface area contributed by atoms with Gasteiger partial charge in [-0.25, -0.2) is 8.78 Å². The Morgan fingerprint density at radius 1 is 1.44 bits per heavy atom. The van der Waals surface area contributed by atoms with Crippen molar-refractivity contribution in [3.63, 3.8) is 0 Å². The summed E-state index contributed by atoms with van der Waals surface area (Å²) in [6.45, 7) is 1.57. The number of hydrogen-bond donors (Lipinski definition) is 1. The summed E-state index contributed by atoms with van der Waals surface area (Å²) in [5.41, 5.74) is 0.148. The molecule has 1 atom stereocenters. The van der Waals surface area contributed by atoms with Gasteiger partial charge < -0.3 is 10.0 Å². The van der Waals surface area contributed by atoms with Crippen molar-refractivity contribution in [1.82, 2.24) is 4.90 Å². The lowest BCUT2D eigenvalue weighted by atomic mass is 10.1. The first-order chi connectivity index (χ1) is 8.47. The third kappa shape index (κ3) is 3.50. The van der Waals surface area contributed by atoms with Gasteiger partial charge in [0, 0.05) is 25.6 Å². The van der Waals surface area contributed by atoms with Crippen LogP contribution in [0.3, 0.4) is 0 Å². The van der Waals surface area contributed by atoms with Gasteiger partial charge in [-0.05, 0) is 31.5 Å². The second-order valence-electron chi connectivity index (χ2n) is 4.17. The van der Waals surface area contributed by atoms with Gasteiger partial charge >= 0.3 is 0 Å². The summed E-state index contributed by atoms with van der Waals surface area (Å²) in [4.78, 5) is 13.1. The summed E-state index contributed by atoms with van der Waals surface area (Å²) in [7, 11) is 1.54. The number of benzene rings is 1. The Morgan fingerprint density at radius 2 is 2.11 bits per heavy atom. The number of aliphatic hydroxyl groups excluding tert-OH is 1. The van der Waals surface area contributed by atoms with E-state index in [0.717, 1.165) is 18.2 Å². The third-order valence-electron chi connectivity index (χ3n) is 2.93. The van der Waals surface area contributed by atoms with Gasteiger partial charge in [-0.2, -0.15) is 0 Å². The summed E-state index contributed by atoms with van der Waals surface area (Å²) < 4.78 is 26.6. The van der Waals surface area contributed by atoms with E-state index in [4.69, 9.17) is 5.11 Å². The normalized spacial score (nSPS) is 12.3. The molecule has 0 saturated carbocycles. The molecule has 1 amide bonds. The van der Waals surface area contributed by atoms with E-state index in [-0.39, 0.29) is 24.5 Å². The van der Waals surface area contributed by atoms with Crippen LogP contribution >= 0.6 is 0 Å². The SMILES string of the molecule is CC(c1cc(F)ccc1F)N(C)C(=O)CCCO. The molecule has 1 rings (SSSR count). The van der Waals surface area contributed by atoms with Crippen LogP contribution in [0.2, 0.25) is 0 Å². The molecule has 1 N–H and O–H groups in total. The average Bonchev–Trinajstić information content (AvgIpc) is 2.37. The highest BCUT2D eigenvalue weighted by atomic mass is 19.1. The predicted molar refractivity (Wildman–Crippen MR) is 63.9 cm³/mol. The van der Waals surface area contributed by atoms with E-state index in [1.165, 1.54) is 11.9 Å². The molecule has 0 spiro atoms. The van der Waals surface area contributed by atoms with Crippen LogP contribution in [0.25, 0.3) is 0 Å². The van der Waals surface area contributed by atoms with Crippen molar-refractivity contribution in [1.29, 1.82) is 0 Å². The van der Waals surface area contributed by atoms with Gasteiger partial charge in [0.2, 0.25) is 5.91 Å². The molecule has 0 bridgehead atoms. The molecular weight excluding hydrogens is 240 g/mol. The Hall–Kier alpha value is -1.49. The zero-order chi connectivity index (χ0) is 13.7. The largest absolute Gasteiger partial charge is 0.396 e. The van der Waals surface area contributed by atoms with Crippen molar-refractivity contribution >= 4 is 5.91 Å². The molecule has 1 aromatic rings. The monoisotopic (exact) mass is 257 g/mol. The molecule has 0 aliphatic rings. The Labute approximate surface area is 105 Å². The lowest BCUT2D eigenvalue weighted by molar-refractivity contribution is -0.132. The van der Waals surface area contributed by atoms with Crippen LogP contribution in [0.15, 0.2) is 18.2 Å². The highest BCUT2D eigenvalue weighted by Gasteiger charge is 2.20. The highest BCUT2D eigenvalue weighted by Crippen LogP contribution is 2.23. The molecule has 1 unspecified atom stereocenters. The third-order valence-corrected chi connectivity index (χ3v) is 2.93. The maximum Gasteiger partial charge on any atom is 0.222 e. The Morgan fingerprint density at radius 3 is 2.72 bits per heavy atom. The predicted octanol–water partition coefficient (Wildman–Crippen LogP) is 2.26. The summed E-state index contributed by atoms with van der Waals surface area (Å²) in [5.74, 6) is -1.28. The molecule has 0 saturated heterocycles. The van der Waals surface area contributed by atoms with Gasteiger partial charge in [0.25, 0.3) is 0 Å². The topological polar surface area (TPSA) is 40.5 Å². The van der Waals surface area contributed by atoms with Crippen LogP contribution in [0.5, 0.6) is 0 Å². The standard InChI is InChI=1S/C13H17F2NO2/c1-9(16(2)13(18)4-3-7-17)11-8-10(14)5-6-12(11)15/h5-6,8-9,17H,3-4,7H2,1-2H3. The minimum absolute atomic E-state index is 0.0672. The number of hydrogen-bond acceptors (Lipinski definition) is 2. The quantitative estimate of drug-likeness (QED) is 0.879. The molecule has 0 aromatic heterocycles. The van der Waals surface area contributed by atoms with Crippen molar-refractivity contribution in [3.05, 3.63) is 35.4 Å². The molecule has 0 heterocycles. The van der Waals surface area contributed by atoms with Crippen molar-refractivity contribution in [2.45, 2.75) is 25.8 Å². The molecule has 100 valence electrons. The maximum atomic E-state index is 13.6. The summed E-state index contributed by atoms with van der Waals surface area (Å²) in [6, 6.07) is 2.63. The van der Waals surface area contributed by atoms with Crippen LogP contribution in [-0.4, -0.2) is 29.6 Å². The van der Waals surface area contributed by atoms with Gasteiger partial charge in [-0.1, -0.05) is 0 Å². The summed E-state index contributed by atoms with van der Waals surface area (Å²) >= 11 is 0. The van der Waals surface area contributed by atoms with Crippen LogP contribution in [0, 0.1) is 11.6 Å². The minimum Gasteiger partial charge on any atom is -0.396 e. The Bertz CT molecular complexity index is 423. The smallest absolute Gasteiger partial charge is 0.222 e. The van der Waals surface area contributed by atoms with Gasteiger partial charge in [-0.15, -0.1) is 0 Å². The fourth-order valence-electron chi connectivity index (χ4n) is 1.67. The second kappa shape index (κ2) is 6.44. The first kappa shape index (κ1) is 14.6. The zero-order valence-electron chi connectivity index (χ0n) is 10.5. The van der Waals surface area contributed by atoms with Crippen LogP contribution in [0.1, 0.15) is 31.4 Å². The summed E-state index contributed by atoms with van der Waals surface area (Å²) in [6.07, 6.45) is 0.551. The Balaban J connectivity index is 2.82. The number of carbonyl (C=O) groups excluding carboxylic acids is 1. The first-order valence-corrected chi connectivity index (χ1v) is 5.78. The summed E-state index contributed by atoms with van der Waals surface area (Å²) in [5, 5.41) is 8.65. The number of halogens is 2. The number of carbonyl (C=O) groups is 1. The van der Waals surface area contributed by atoms with E-state index < -0.39 is 17.7 Å². The molecule has 3 nitrogen and oxygen atoms in total. The van der Waals surface area contributed by atoms with Crippen LogP contribution in [0.4, 0.5) is 8.78 Å². The molecule has 0 aliphatic carbocycles. The first-order valence-electron chi connectivity index (χ1n) is 5.78. The molecule has 5 heteroatoms. The number of aliphatic hydroxyl groups is 1. The molecule has 0 radical (unpaired) electrons. The zero-order valence-corrected chi connectivity index (χ0v) is 10.5. The van der Waals surface area contributed by atoms with Gasteiger partial charge in [-0.3, -0.25) is 4.79 Å². The van der Waals surface area contributed by atoms with E-state index in [9.17, 15) is 13.6 Å². The number of rotatable bonds is 5. The van der Waals surface area contributed by atoms with Crippen LogP contribution < -0.4 is 0 Å². The Kier molecular flexibility index (Phi) is 5.22. The van der Waals surface area contributed by atoms with Crippen molar-refractivity contribution in [3.8, 4) is 0 Å². The molecule has 0 aliphatic heterocycles. The highest BCUT2D eigenvalue weighted by molar-refractivity contribution is 5.76.